The van der Waals surface area contributed by atoms with Crippen molar-refractivity contribution < 1.29 is 19.1 Å². The molecule has 0 radical (unpaired) electrons. The summed E-state index contributed by atoms with van der Waals surface area (Å²) in [5, 5.41) is 8.97. The van der Waals surface area contributed by atoms with Crippen LogP contribution in [0.4, 0.5) is 10.1 Å². The Balaban J connectivity index is 2.38. The van der Waals surface area contributed by atoms with Gasteiger partial charge in [-0.05, 0) is 18.6 Å². The molecular weight excluding hydrogens is 283 g/mol. The number of anilines is 1. The number of rotatable bonds is 3. The van der Waals surface area contributed by atoms with Gasteiger partial charge < -0.3 is 15.7 Å². The molecule has 5 nitrogen and oxygen atoms in total. The average molecular weight is 298 g/mol. The number of aliphatic carboxylic acids is 1. The quantitative estimate of drug-likeness (QED) is 0.831. The number of para-hydroxylation sites is 1. The number of amides is 1. The van der Waals surface area contributed by atoms with Crippen LogP contribution in [-0.2, 0) is 4.79 Å². The first kappa shape index (κ1) is 14.6. The summed E-state index contributed by atoms with van der Waals surface area (Å²) in [5.41, 5.74) is 5.35. The number of nitrogens with zero attached hydrogens (tertiary/aromatic N) is 1. The molecule has 7 heteroatoms. The molecule has 1 aromatic rings. The van der Waals surface area contributed by atoms with E-state index in [0.717, 1.165) is 6.07 Å². The molecule has 1 aromatic carbocycles. The number of hydrogen-bond acceptors (Lipinski definition) is 4. The lowest BCUT2D eigenvalue weighted by atomic mass is 10.1. The Hall–Kier alpha value is -1.76. The summed E-state index contributed by atoms with van der Waals surface area (Å²) in [4.78, 5) is 25.0. The summed E-state index contributed by atoms with van der Waals surface area (Å²) in [5.74, 6) is -1.94. The van der Waals surface area contributed by atoms with Crippen LogP contribution in [0.3, 0.4) is 0 Å². The van der Waals surface area contributed by atoms with E-state index in [1.165, 1.54) is 28.8 Å². The largest absolute Gasteiger partial charge is 0.480 e. The third kappa shape index (κ3) is 2.45. The van der Waals surface area contributed by atoms with Crippen LogP contribution in [0.1, 0.15) is 23.7 Å². The van der Waals surface area contributed by atoms with Crippen LogP contribution < -0.4 is 5.73 Å². The normalized spacial score (nSPS) is 22.0. The molecule has 1 saturated heterocycles. The summed E-state index contributed by atoms with van der Waals surface area (Å²) in [6.07, 6.45) is 0.620. The predicted octanol–water partition coefficient (Wildman–Crippen LogP) is 1.79. The first-order valence-electron chi connectivity index (χ1n) is 6.18. The van der Waals surface area contributed by atoms with Crippen LogP contribution in [0.2, 0.25) is 0 Å². The molecule has 0 spiro atoms. The van der Waals surface area contributed by atoms with E-state index in [0.29, 0.717) is 12.2 Å². The number of carboxylic acid groups (broad SMARTS) is 1. The summed E-state index contributed by atoms with van der Waals surface area (Å²) in [6, 6.07) is 3.06. The van der Waals surface area contributed by atoms with E-state index in [2.05, 4.69) is 0 Å². The summed E-state index contributed by atoms with van der Waals surface area (Å²) in [6.45, 7) is 1.87. The molecule has 1 amide bonds. The van der Waals surface area contributed by atoms with Crippen molar-refractivity contribution in [2.75, 3.05) is 11.5 Å². The number of thioether (sulfide) groups is 1. The van der Waals surface area contributed by atoms with Crippen molar-refractivity contribution in [2.24, 2.45) is 0 Å². The second kappa shape index (κ2) is 5.70. The van der Waals surface area contributed by atoms with E-state index in [4.69, 9.17) is 5.73 Å². The zero-order valence-electron chi connectivity index (χ0n) is 10.9. The summed E-state index contributed by atoms with van der Waals surface area (Å²) in [7, 11) is 0. The molecule has 0 aliphatic carbocycles. The summed E-state index contributed by atoms with van der Waals surface area (Å²) >= 11 is 1.41. The lowest BCUT2D eigenvalue weighted by molar-refractivity contribution is -0.141. The second-order valence-corrected chi connectivity index (χ2v) is 5.67. The number of hydrogen-bond donors (Lipinski definition) is 2. The maximum absolute atomic E-state index is 13.4. The van der Waals surface area contributed by atoms with Crippen LogP contribution >= 0.6 is 11.8 Å². The topological polar surface area (TPSA) is 83.6 Å². The van der Waals surface area contributed by atoms with Gasteiger partial charge in [-0.3, -0.25) is 4.79 Å². The molecule has 1 heterocycles. The van der Waals surface area contributed by atoms with Crippen LogP contribution in [0.15, 0.2) is 18.2 Å². The van der Waals surface area contributed by atoms with E-state index in [1.54, 1.807) is 0 Å². The number of carboxylic acids is 1. The highest BCUT2D eigenvalue weighted by Gasteiger charge is 2.41. The lowest BCUT2D eigenvalue weighted by Crippen LogP contribution is -2.45. The van der Waals surface area contributed by atoms with Gasteiger partial charge in [0.2, 0.25) is 0 Å². The SMILES string of the molecule is CCC1SCC(C(=O)O)N1C(=O)c1cccc(F)c1N. The molecule has 1 aliphatic rings. The third-order valence-corrected chi connectivity index (χ3v) is 4.70. The lowest BCUT2D eigenvalue weighted by Gasteiger charge is -2.27. The van der Waals surface area contributed by atoms with Crippen molar-refractivity contribution in [3.05, 3.63) is 29.6 Å². The Labute approximate surface area is 119 Å². The van der Waals surface area contributed by atoms with Crippen molar-refractivity contribution in [2.45, 2.75) is 24.8 Å². The van der Waals surface area contributed by atoms with Crippen LogP contribution in [0.25, 0.3) is 0 Å². The molecule has 1 aliphatic heterocycles. The van der Waals surface area contributed by atoms with Gasteiger partial charge in [0.25, 0.3) is 5.91 Å². The Morgan fingerprint density at radius 1 is 1.55 bits per heavy atom. The Kier molecular flexibility index (Phi) is 4.17. The Morgan fingerprint density at radius 3 is 2.85 bits per heavy atom. The van der Waals surface area contributed by atoms with Gasteiger partial charge in [-0.25, -0.2) is 9.18 Å². The van der Waals surface area contributed by atoms with Gasteiger partial charge in [0.1, 0.15) is 11.9 Å². The van der Waals surface area contributed by atoms with Gasteiger partial charge in [0.05, 0.1) is 16.6 Å². The average Bonchev–Trinajstić information content (AvgIpc) is 2.85. The fraction of sp³-hybridized carbons (Fsp3) is 0.385. The van der Waals surface area contributed by atoms with E-state index in [9.17, 15) is 19.1 Å². The number of halogens is 1. The minimum atomic E-state index is -1.06. The van der Waals surface area contributed by atoms with Crippen molar-refractivity contribution >= 4 is 29.3 Å². The van der Waals surface area contributed by atoms with Gasteiger partial charge in [-0.15, -0.1) is 11.8 Å². The third-order valence-electron chi connectivity index (χ3n) is 3.24. The number of benzene rings is 1. The first-order valence-corrected chi connectivity index (χ1v) is 7.23. The molecule has 3 N–H and O–H groups in total. The number of carbonyl (C=O) groups excluding carboxylic acids is 1. The molecule has 1 fully saturated rings. The Bertz CT molecular complexity index is 552. The van der Waals surface area contributed by atoms with E-state index in [1.807, 2.05) is 6.92 Å². The highest BCUT2D eigenvalue weighted by Crippen LogP contribution is 2.33. The van der Waals surface area contributed by atoms with E-state index < -0.39 is 23.7 Å². The molecule has 0 bridgehead atoms. The van der Waals surface area contributed by atoms with Crippen molar-refractivity contribution in [3.8, 4) is 0 Å². The van der Waals surface area contributed by atoms with E-state index >= 15 is 0 Å². The smallest absolute Gasteiger partial charge is 0.327 e. The van der Waals surface area contributed by atoms with Crippen LogP contribution in [-0.4, -0.2) is 39.1 Å². The Morgan fingerprint density at radius 2 is 2.25 bits per heavy atom. The maximum atomic E-state index is 13.4. The molecule has 20 heavy (non-hydrogen) atoms. The fourth-order valence-electron chi connectivity index (χ4n) is 2.20. The molecule has 108 valence electrons. The van der Waals surface area contributed by atoms with Gasteiger partial charge in [-0.1, -0.05) is 13.0 Å². The highest BCUT2D eigenvalue weighted by atomic mass is 32.2. The molecule has 0 saturated carbocycles. The highest BCUT2D eigenvalue weighted by molar-refractivity contribution is 8.00. The summed E-state index contributed by atoms with van der Waals surface area (Å²) < 4.78 is 13.4. The second-order valence-electron chi connectivity index (χ2n) is 4.46. The molecule has 2 atom stereocenters. The molecule has 0 aromatic heterocycles. The van der Waals surface area contributed by atoms with Crippen molar-refractivity contribution in [1.29, 1.82) is 0 Å². The zero-order valence-corrected chi connectivity index (χ0v) is 11.7. The van der Waals surface area contributed by atoms with Gasteiger partial charge in [-0.2, -0.15) is 0 Å². The number of nitrogens with two attached hydrogens (primary N) is 1. The standard InChI is InChI=1S/C13H15FN2O3S/c1-2-10-16(9(6-20-10)13(18)19)12(17)7-4-3-5-8(14)11(7)15/h3-5,9-10H,2,6,15H2,1H3,(H,18,19). The maximum Gasteiger partial charge on any atom is 0.327 e. The van der Waals surface area contributed by atoms with Crippen LogP contribution in [0.5, 0.6) is 0 Å². The van der Waals surface area contributed by atoms with Gasteiger partial charge in [0.15, 0.2) is 0 Å². The van der Waals surface area contributed by atoms with Gasteiger partial charge in [0, 0.05) is 5.75 Å². The zero-order chi connectivity index (χ0) is 14.9. The van der Waals surface area contributed by atoms with Gasteiger partial charge >= 0.3 is 5.97 Å². The fourth-order valence-corrected chi connectivity index (χ4v) is 3.55. The van der Waals surface area contributed by atoms with Crippen molar-refractivity contribution in [1.82, 2.24) is 4.90 Å². The number of carbonyl (C=O) groups is 2. The van der Waals surface area contributed by atoms with Crippen molar-refractivity contribution in [3.63, 3.8) is 0 Å². The molecule has 2 unspecified atom stereocenters. The predicted molar refractivity (Wildman–Crippen MR) is 74.9 cm³/mol. The number of nitrogen functional groups attached to an aromatic ring is 1. The van der Waals surface area contributed by atoms with E-state index in [-0.39, 0.29) is 16.6 Å². The molecular formula is C13H15FN2O3S. The monoisotopic (exact) mass is 298 g/mol. The minimum absolute atomic E-state index is 0.0113. The van der Waals surface area contributed by atoms with Crippen LogP contribution in [0, 0.1) is 5.82 Å². The first-order chi connectivity index (χ1) is 9.47. The minimum Gasteiger partial charge on any atom is -0.480 e. The molecule has 2 rings (SSSR count).